The lowest BCUT2D eigenvalue weighted by molar-refractivity contribution is 0.476. The standard InChI is InChI=1S/C15H17FN2O/c1-18(2)13-4-3-5-14(9-13)19-15-7-11(10-17)6-12(16)8-15/h3-9H,10,17H2,1-2H3. The third kappa shape index (κ3) is 3.45. The highest BCUT2D eigenvalue weighted by Gasteiger charge is 2.04. The SMILES string of the molecule is CN(C)c1cccc(Oc2cc(F)cc(CN)c2)c1. The summed E-state index contributed by atoms with van der Waals surface area (Å²) in [6.45, 7) is 0.284. The van der Waals surface area contributed by atoms with Gasteiger partial charge in [-0.1, -0.05) is 6.07 Å². The van der Waals surface area contributed by atoms with Gasteiger partial charge in [-0.25, -0.2) is 4.39 Å². The Labute approximate surface area is 112 Å². The van der Waals surface area contributed by atoms with Crippen LogP contribution in [0.5, 0.6) is 11.5 Å². The molecule has 0 aliphatic carbocycles. The normalized spacial score (nSPS) is 10.3. The third-order valence-corrected chi connectivity index (χ3v) is 2.74. The van der Waals surface area contributed by atoms with Gasteiger partial charge >= 0.3 is 0 Å². The van der Waals surface area contributed by atoms with Crippen molar-refractivity contribution in [3.05, 3.63) is 53.8 Å². The molecule has 0 saturated carbocycles. The second-order valence-electron chi connectivity index (χ2n) is 4.49. The lowest BCUT2D eigenvalue weighted by atomic mass is 10.2. The highest BCUT2D eigenvalue weighted by Crippen LogP contribution is 2.26. The first kappa shape index (κ1) is 13.4. The second kappa shape index (κ2) is 5.71. The number of hydrogen-bond acceptors (Lipinski definition) is 3. The molecular formula is C15H17FN2O. The van der Waals surface area contributed by atoms with Crippen LogP contribution < -0.4 is 15.4 Å². The lowest BCUT2D eigenvalue weighted by Gasteiger charge is -2.14. The van der Waals surface area contributed by atoms with E-state index in [-0.39, 0.29) is 12.4 Å². The molecule has 2 aromatic rings. The van der Waals surface area contributed by atoms with Crippen LogP contribution in [-0.2, 0) is 6.54 Å². The molecule has 0 aliphatic heterocycles. The lowest BCUT2D eigenvalue weighted by Crippen LogP contribution is -2.08. The van der Waals surface area contributed by atoms with Crippen molar-refractivity contribution in [2.75, 3.05) is 19.0 Å². The summed E-state index contributed by atoms with van der Waals surface area (Å²) in [7, 11) is 3.90. The van der Waals surface area contributed by atoms with E-state index < -0.39 is 0 Å². The van der Waals surface area contributed by atoms with Crippen LogP contribution in [0, 0.1) is 5.82 Å². The molecule has 3 nitrogen and oxygen atoms in total. The summed E-state index contributed by atoms with van der Waals surface area (Å²) >= 11 is 0. The monoisotopic (exact) mass is 260 g/mol. The topological polar surface area (TPSA) is 38.5 Å². The van der Waals surface area contributed by atoms with E-state index in [1.54, 1.807) is 6.07 Å². The zero-order chi connectivity index (χ0) is 13.8. The molecule has 0 spiro atoms. The number of halogens is 1. The van der Waals surface area contributed by atoms with Crippen LogP contribution in [0.4, 0.5) is 10.1 Å². The Balaban J connectivity index is 2.25. The van der Waals surface area contributed by atoms with Gasteiger partial charge in [0.2, 0.25) is 0 Å². The molecule has 2 N–H and O–H groups in total. The molecule has 0 unspecified atom stereocenters. The van der Waals surface area contributed by atoms with Crippen LogP contribution in [-0.4, -0.2) is 14.1 Å². The predicted octanol–water partition coefficient (Wildman–Crippen LogP) is 3.14. The first-order chi connectivity index (χ1) is 9.08. The maximum Gasteiger partial charge on any atom is 0.130 e. The largest absolute Gasteiger partial charge is 0.457 e. The molecule has 2 rings (SSSR count). The quantitative estimate of drug-likeness (QED) is 0.917. The number of hydrogen-bond donors (Lipinski definition) is 1. The van der Waals surface area contributed by atoms with Gasteiger partial charge in [0.1, 0.15) is 17.3 Å². The number of ether oxygens (including phenoxy) is 1. The molecule has 0 fully saturated rings. The highest BCUT2D eigenvalue weighted by atomic mass is 19.1. The maximum atomic E-state index is 13.4. The van der Waals surface area contributed by atoms with Crippen LogP contribution in [0.3, 0.4) is 0 Å². The maximum absolute atomic E-state index is 13.4. The molecule has 0 atom stereocenters. The smallest absolute Gasteiger partial charge is 0.130 e. The Kier molecular flexibility index (Phi) is 4.02. The van der Waals surface area contributed by atoms with Crippen molar-refractivity contribution >= 4 is 5.69 Å². The molecule has 4 heteroatoms. The number of nitrogens with two attached hydrogens (primary N) is 1. The van der Waals surface area contributed by atoms with Crippen molar-refractivity contribution in [1.82, 2.24) is 0 Å². The van der Waals surface area contributed by atoms with E-state index in [0.717, 1.165) is 5.69 Å². The van der Waals surface area contributed by atoms with Crippen molar-refractivity contribution in [2.24, 2.45) is 5.73 Å². The van der Waals surface area contributed by atoms with Crippen molar-refractivity contribution in [3.8, 4) is 11.5 Å². The van der Waals surface area contributed by atoms with Gasteiger partial charge in [0.05, 0.1) is 0 Å². The van der Waals surface area contributed by atoms with Gasteiger partial charge in [-0.15, -0.1) is 0 Å². The molecule has 0 amide bonds. The Morgan fingerprint density at radius 2 is 1.89 bits per heavy atom. The minimum absolute atomic E-state index is 0.284. The summed E-state index contributed by atoms with van der Waals surface area (Å²) in [5, 5.41) is 0. The van der Waals surface area contributed by atoms with Crippen molar-refractivity contribution < 1.29 is 9.13 Å². The zero-order valence-electron chi connectivity index (χ0n) is 11.1. The van der Waals surface area contributed by atoms with Gasteiger partial charge in [0.25, 0.3) is 0 Å². The Bertz CT molecular complexity index is 570. The highest BCUT2D eigenvalue weighted by molar-refractivity contribution is 5.50. The average molecular weight is 260 g/mol. The van der Waals surface area contributed by atoms with Crippen LogP contribution in [0.1, 0.15) is 5.56 Å². The van der Waals surface area contributed by atoms with E-state index in [0.29, 0.717) is 17.1 Å². The van der Waals surface area contributed by atoms with Gasteiger partial charge in [0, 0.05) is 38.5 Å². The molecule has 19 heavy (non-hydrogen) atoms. The van der Waals surface area contributed by atoms with E-state index in [1.807, 2.05) is 43.3 Å². The summed E-state index contributed by atoms with van der Waals surface area (Å²) in [5.74, 6) is 0.776. The minimum Gasteiger partial charge on any atom is -0.457 e. The molecule has 0 heterocycles. The van der Waals surface area contributed by atoms with Crippen LogP contribution in [0.15, 0.2) is 42.5 Å². The number of anilines is 1. The molecule has 100 valence electrons. The first-order valence-corrected chi connectivity index (χ1v) is 6.03. The van der Waals surface area contributed by atoms with Gasteiger partial charge in [-0.05, 0) is 29.8 Å². The summed E-state index contributed by atoms with van der Waals surface area (Å²) in [4.78, 5) is 1.98. The molecule has 0 aliphatic rings. The van der Waals surface area contributed by atoms with E-state index in [1.165, 1.54) is 12.1 Å². The third-order valence-electron chi connectivity index (χ3n) is 2.74. The van der Waals surface area contributed by atoms with E-state index in [9.17, 15) is 4.39 Å². The Morgan fingerprint density at radius 3 is 2.58 bits per heavy atom. The summed E-state index contributed by atoms with van der Waals surface area (Å²) in [6.07, 6.45) is 0. The van der Waals surface area contributed by atoms with E-state index in [4.69, 9.17) is 10.5 Å². The van der Waals surface area contributed by atoms with Gasteiger partial charge in [-0.2, -0.15) is 0 Å². The van der Waals surface area contributed by atoms with Crippen LogP contribution >= 0.6 is 0 Å². The van der Waals surface area contributed by atoms with Crippen LogP contribution in [0.2, 0.25) is 0 Å². The number of nitrogens with zero attached hydrogens (tertiary/aromatic N) is 1. The van der Waals surface area contributed by atoms with E-state index >= 15 is 0 Å². The molecule has 0 aromatic heterocycles. The Morgan fingerprint density at radius 1 is 1.11 bits per heavy atom. The van der Waals surface area contributed by atoms with Crippen molar-refractivity contribution in [2.45, 2.75) is 6.54 Å². The molecular weight excluding hydrogens is 243 g/mol. The zero-order valence-corrected chi connectivity index (χ0v) is 11.1. The van der Waals surface area contributed by atoms with Crippen molar-refractivity contribution in [1.29, 1.82) is 0 Å². The fourth-order valence-electron chi connectivity index (χ4n) is 1.76. The Hall–Kier alpha value is -2.07. The average Bonchev–Trinajstić information content (AvgIpc) is 2.38. The summed E-state index contributed by atoms with van der Waals surface area (Å²) < 4.78 is 19.1. The number of benzene rings is 2. The fourth-order valence-corrected chi connectivity index (χ4v) is 1.76. The fraction of sp³-hybridized carbons (Fsp3) is 0.200. The second-order valence-corrected chi connectivity index (χ2v) is 4.49. The molecule has 0 saturated heterocycles. The minimum atomic E-state index is -0.346. The van der Waals surface area contributed by atoms with Gasteiger partial charge in [0.15, 0.2) is 0 Å². The predicted molar refractivity (Wildman–Crippen MR) is 75.1 cm³/mol. The molecule has 0 radical (unpaired) electrons. The molecule has 0 bridgehead atoms. The first-order valence-electron chi connectivity index (χ1n) is 6.03. The van der Waals surface area contributed by atoms with Gasteiger partial charge < -0.3 is 15.4 Å². The summed E-state index contributed by atoms with van der Waals surface area (Å²) in [5.41, 5.74) is 7.24. The summed E-state index contributed by atoms with van der Waals surface area (Å²) in [6, 6.07) is 12.1. The number of rotatable bonds is 4. The van der Waals surface area contributed by atoms with Crippen LogP contribution in [0.25, 0.3) is 0 Å². The molecule has 2 aromatic carbocycles. The van der Waals surface area contributed by atoms with Crippen molar-refractivity contribution in [3.63, 3.8) is 0 Å². The van der Waals surface area contributed by atoms with Gasteiger partial charge in [-0.3, -0.25) is 0 Å². The van der Waals surface area contributed by atoms with E-state index in [2.05, 4.69) is 0 Å².